The minimum atomic E-state index is -0.154. The van der Waals surface area contributed by atoms with Crippen molar-refractivity contribution in [3.63, 3.8) is 0 Å². The van der Waals surface area contributed by atoms with Gasteiger partial charge in [-0.3, -0.25) is 9.69 Å². The van der Waals surface area contributed by atoms with Crippen molar-refractivity contribution in [3.05, 3.63) is 63.1 Å². The Labute approximate surface area is 144 Å². The van der Waals surface area contributed by atoms with Crippen LogP contribution in [0.4, 0.5) is 5.69 Å². The smallest absolute Gasteiger partial charge is 0.238 e. The minimum absolute atomic E-state index is 0.154. The minimum Gasteiger partial charge on any atom is -0.324 e. The average molecular weight is 358 g/mol. The van der Waals surface area contributed by atoms with E-state index in [0.717, 1.165) is 5.56 Å². The molecule has 0 atom stereocenters. The van der Waals surface area contributed by atoms with Crippen LogP contribution in [0.5, 0.6) is 0 Å². The van der Waals surface area contributed by atoms with Gasteiger partial charge in [0.05, 0.1) is 17.3 Å². The highest BCUT2D eigenvalue weighted by Gasteiger charge is 2.10. The third-order valence-corrected chi connectivity index (χ3v) is 3.93. The van der Waals surface area contributed by atoms with E-state index < -0.39 is 0 Å². The van der Waals surface area contributed by atoms with Gasteiger partial charge in [0.15, 0.2) is 0 Å². The largest absolute Gasteiger partial charge is 0.324 e. The molecule has 3 nitrogen and oxygen atoms in total. The Bertz CT molecular complexity index is 676. The van der Waals surface area contributed by atoms with E-state index in [1.165, 1.54) is 0 Å². The predicted octanol–water partition coefficient (Wildman–Crippen LogP) is 4.72. The van der Waals surface area contributed by atoms with Crippen LogP contribution in [-0.2, 0) is 11.3 Å². The Morgan fingerprint density at radius 2 is 1.82 bits per heavy atom. The first-order valence-electron chi connectivity index (χ1n) is 6.62. The topological polar surface area (TPSA) is 32.3 Å². The molecule has 0 unspecified atom stereocenters. The number of nitrogens with one attached hydrogen (secondary N) is 1. The van der Waals surface area contributed by atoms with Gasteiger partial charge in [0, 0.05) is 16.6 Å². The first-order chi connectivity index (χ1) is 10.5. The molecular formula is C16H15Cl3N2O. The van der Waals surface area contributed by atoms with Gasteiger partial charge in [0.25, 0.3) is 0 Å². The zero-order chi connectivity index (χ0) is 16.1. The summed E-state index contributed by atoms with van der Waals surface area (Å²) < 4.78 is 0. The summed E-state index contributed by atoms with van der Waals surface area (Å²) >= 11 is 18.0. The number of amides is 1. The van der Waals surface area contributed by atoms with Crippen LogP contribution in [0, 0.1) is 0 Å². The molecule has 22 heavy (non-hydrogen) atoms. The second kappa shape index (κ2) is 7.84. The van der Waals surface area contributed by atoms with Crippen molar-refractivity contribution in [2.24, 2.45) is 0 Å². The second-order valence-corrected chi connectivity index (χ2v) is 6.19. The van der Waals surface area contributed by atoms with Gasteiger partial charge >= 0.3 is 0 Å². The molecule has 0 aromatic heterocycles. The van der Waals surface area contributed by atoms with Crippen LogP contribution in [0.25, 0.3) is 0 Å². The van der Waals surface area contributed by atoms with Crippen LogP contribution in [0.2, 0.25) is 15.1 Å². The third-order valence-electron chi connectivity index (χ3n) is 3.02. The van der Waals surface area contributed by atoms with Crippen molar-refractivity contribution in [1.29, 1.82) is 0 Å². The highest BCUT2D eigenvalue weighted by Crippen LogP contribution is 2.25. The molecule has 0 aliphatic rings. The zero-order valence-corrected chi connectivity index (χ0v) is 14.2. The lowest BCUT2D eigenvalue weighted by molar-refractivity contribution is -0.117. The fourth-order valence-corrected chi connectivity index (χ4v) is 2.65. The van der Waals surface area contributed by atoms with E-state index >= 15 is 0 Å². The SMILES string of the molecule is CN(CC(=O)Nc1ccc(Cl)cc1Cl)Cc1ccccc1Cl. The van der Waals surface area contributed by atoms with E-state index in [2.05, 4.69) is 5.32 Å². The highest BCUT2D eigenvalue weighted by atomic mass is 35.5. The number of likely N-dealkylation sites (N-methyl/N-ethyl adjacent to an activating group) is 1. The van der Waals surface area contributed by atoms with Gasteiger partial charge in [0.1, 0.15) is 0 Å². The molecule has 0 radical (unpaired) electrons. The van der Waals surface area contributed by atoms with Gasteiger partial charge in [0.2, 0.25) is 5.91 Å². The second-order valence-electron chi connectivity index (χ2n) is 4.94. The van der Waals surface area contributed by atoms with Crippen LogP contribution in [0.15, 0.2) is 42.5 Å². The summed E-state index contributed by atoms with van der Waals surface area (Å²) in [6.07, 6.45) is 0. The van der Waals surface area contributed by atoms with E-state index in [1.54, 1.807) is 18.2 Å². The van der Waals surface area contributed by atoms with E-state index in [9.17, 15) is 4.79 Å². The summed E-state index contributed by atoms with van der Waals surface area (Å²) in [6, 6.07) is 12.5. The molecule has 2 rings (SSSR count). The van der Waals surface area contributed by atoms with Gasteiger partial charge in [-0.15, -0.1) is 0 Å². The summed E-state index contributed by atoms with van der Waals surface area (Å²) in [6.45, 7) is 0.811. The Kier molecular flexibility index (Phi) is 6.09. The molecule has 1 amide bonds. The summed E-state index contributed by atoms with van der Waals surface area (Å²) in [5, 5.41) is 4.39. The molecule has 0 heterocycles. The number of carbonyl (C=O) groups is 1. The Hall–Kier alpha value is -1.26. The summed E-state index contributed by atoms with van der Waals surface area (Å²) in [4.78, 5) is 13.9. The molecule has 1 N–H and O–H groups in total. The van der Waals surface area contributed by atoms with Crippen LogP contribution >= 0.6 is 34.8 Å². The normalized spacial score (nSPS) is 10.8. The number of nitrogens with zero attached hydrogens (tertiary/aromatic N) is 1. The lowest BCUT2D eigenvalue weighted by Crippen LogP contribution is -2.30. The average Bonchev–Trinajstić information content (AvgIpc) is 2.44. The van der Waals surface area contributed by atoms with Gasteiger partial charge in [-0.25, -0.2) is 0 Å². The molecule has 0 bridgehead atoms. The van der Waals surface area contributed by atoms with Gasteiger partial charge in [-0.05, 0) is 36.9 Å². The molecule has 116 valence electrons. The Morgan fingerprint density at radius 1 is 1.09 bits per heavy atom. The van der Waals surface area contributed by atoms with Crippen molar-refractivity contribution in [1.82, 2.24) is 4.90 Å². The number of halogens is 3. The maximum Gasteiger partial charge on any atom is 0.238 e. The van der Waals surface area contributed by atoms with Gasteiger partial charge in [-0.1, -0.05) is 53.0 Å². The molecule has 0 spiro atoms. The van der Waals surface area contributed by atoms with Crippen molar-refractivity contribution in [2.45, 2.75) is 6.54 Å². The summed E-state index contributed by atoms with van der Waals surface area (Å²) in [7, 11) is 1.85. The maximum atomic E-state index is 12.1. The molecule has 0 saturated heterocycles. The lowest BCUT2D eigenvalue weighted by atomic mass is 10.2. The summed E-state index contributed by atoms with van der Waals surface area (Å²) in [5.74, 6) is -0.154. The molecular weight excluding hydrogens is 343 g/mol. The predicted molar refractivity (Wildman–Crippen MR) is 92.9 cm³/mol. The number of carbonyl (C=O) groups excluding carboxylic acids is 1. The van der Waals surface area contributed by atoms with Crippen LogP contribution < -0.4 is 5.32 Å². The van der Waals surface area contributed by atoms with Crippen molar-refractivity contribution in [2.75, 3.05) is 18.9 Å². The highest BCUT2D eigenvalue weighted by molar-refractivity contribution is 6.36. The number of anilines is 1. The Morgan fingerprint density at radius 3 is 2.50 bits per heavy atom. The van der Waals surface area contributed by atoms with Crippen LogP contribution in [0.3, 0.4) is 0 Å². The van der Waals surface area contributed by atoms with E-state index in [-0.39, 0.29) is 12.5 Å². The molecule has 2 aromatic carbocycles. The molecule has 6 heteroatoms. The standard InChI is InChI=1S/C16H15Cl3N2O/c1-21(9-11-4-2-3-5-13(11)18)10-16(22)20-15-7-6-12(17)8-14(15)19/h2-8H,9-10H2,1H3,(H,20,22). The Balaban J connectivity index is 1.93. The maximum absolute atomic E-state index is 12.1. The number of rotatable bonds is 5. The molecule has 0 aliphatic heterocycles. The van der Waals surface area contributed by atoms with Crippen molar-refractivity contribution in [3.8, 4) is 0 Å². The fourth-order valence-electron chi connectivity index (χ4n) is 2.00. The van der Waals surface area contributed by atoms with Crippen molar-refractivity contribution >= 4 is 46.4 Å². The number of hydrogen-bond acceptors (Lipinski definition) is 2. The van der Waals surface area contributed by atoms with E-state index in [4.69, 9.17) is 34.8 Å². The number of benzene rings is 2. The third kappa shape index (κ3) is 4.89. The fraction of sp³-hybridized carbons (Fsp3) is 0.188. The number of hydrogen-bond donors (Lipinski definition) is 1. The quantitative estimate of drug-likeness (QED) is 0.840. The van der Waals surface area contributed by atoms with Crippen molar-refractivity contribution < 1.29 is 4.79 Å². The van der Waals surface area contributed by atoms with E-state index in [0.29, 0.717) is 27.3 Å². The zero-order valence-electron chi connectivity index (χ0n) is 11.9. The summed E-state index contributed by atoms with van der Waals surface area (Å²) in [5.41, 5.74) is 1.52. The van der Waals surface area contributed by atoms with Gasteiger partial charge in [-0.2, -0.15) is 0 Å². The van der Waals surface area contributed by atoms with E-state index in [1.807, 2.05) is 36.2 Å². The first-order valence-corrected chi connectivity index (χ1v) is 7.76. The first kappa shape index (κ1) is 17.1. The molecule has 0 fully saturated rings. The lowest BCUT2D eigenvalue weighted by Gasteiger charge is -2.17. The van der Waals surface area contributed by atoms with Gasteiger partial charge < -0.3 is 5.32 Å². The van der Waals surface area contributed by atoms with Crippen LogP contribution in [0.1, 0.15) is 5.56 Å². The monoisotopic (exact) mass is 356 g/mol. The molecule has 2 aromatic rings. The van der Waals surface area contributed by atoms with Crippen LogP contribution in [-0.4, -0.2) is 24.4 Å². The molecule has 0 aliphatic carbocycles. The molecule has 0 saturated carbocycles.